The van der Waals surface area contributed by atoms with E-state index in [9.17, 15) is 8.78 Å². The molecule has 0 aliphatic heterocycles. The minimum absolute atomic E-state index is 0. The van der Waals surface area contributed by atoms with Crippen molar-refractivity contribution in [2.75, 3.05) is 7.11 Å². The topological polar surface area (TPSA) is 44.2 Å². The van der Waals surface area contributed by atoms with E-state index in [4.69, 9.17) is 4.74 Å². The van der Waals surface area contributed by atoms with Gasteiger partial charge in [-0.3, -0.25) is 4.98 Å². The van der Waals surface area contributed by atoms with Crippen LogP contribution in [0.5, 0.6) is 11.6 Å². The maximum absolute atomic E-state index is 15.3. The van der Waals surface area contributed by atoms with Crippen LogP contribution in [-0.2, 0) is 6.42 Å². The molecule has 4 nitrogen and oxygen atoms in total. The first kappa shape index (κ1) is 26.9. The Bertz CT molecular complexity index is 1010. The van der Waals surface area contributed by atoms with E-state index in [-0.39, 0.29) is 48.3 Å². The molecule has 0 spiro atoms. The average molecular weight is 672 g/mol. The molecule has 3 rings (SSSR count). The number of terminal acetylenes is 1. The summed E-state index contributed by atoms with van der Waals surface area (Å²) >= 11 is 1.51. The van der Waals surface area contributed by atoms with Gasteiger partial charge in [0.25, 0.3) is 0 Å². The maximum Gasteiger partial charge on any atom is 0.388 e. The second kappa shape index (κ2) is 12.7. The number of halogens is 3. The molecule has 0 bridgehead atoms. The second-order valence-corrected chi connectivity index (χ2v) is 7.30. The predicted molar refractivity (Wildman–Crippen MR) is 111 cm³/mol. The quantitative estimate of drug-likeness (QED) is 0.237. The van der Waals surface area contributed by atoms with E-state index in [1.54, 1.807) is 18.3 Å². The predicted octanol–water partition coefficient (Wildman–Crippen LogP) is 5.76. The fourth-order valence-corrected chi connectivity index (χ4v) is 3.60. The number of thiazole rings is 1. The molecule has 0 N–H and O–H groups in total. The molecule has 0 aliphatic carbocycles. The van der Waals surface area contributed by atoms with Crippen molar-refractivity contribution in [3.05, 3.63) is 63.8 Å². The van der Waals surface area contributed by atoms with Crippen LogP contribution in [0.25, 0.3) is 11.1 Å². The van der Waals surface area contributed by atoms with E-state index < -0.39 is 12.4 Å². The second-order valence-electron chi connectivity index (χ2n) is 6.19. The molecule has 31 heavy (non-hydrogen) atoms. The van der Waals surface area contributed by atoms with E-state index in [0.29, 0.717) is 17.5 Å². The first-order chi connectivity index (χ1) is 14.4. The summed E-state index contributed by atoms with van der Waals surface area (Å²) in [6.45, 7) is 0.925. The molecule has 0 saturated carbocycles. The molecule has 0 aliphatic rings. The summed E-state index contributed by atoms with van der Waals surface area (Å²) in [7, 11) is 1.42. The van der Waals surface area contributed by atoms with E-state index in [1.165, 1.54) is 36.8 Å². The van der Waals surface area contributed by atoms with Crippen molar-refractivity contribution in [3.8, 4) is 35.6 Å². The first-order valence-corrected chi connectivity index (χ1v) is 9.56. The number of hydrogen-bond acceptors (Lipinski definition) is 5. The van der Waals surface area contributed by atoms with Crippen molar-refractivity contribution in [2.45, 2.75) is 26.9 Å². The number of nitrogens with zero attached hydrogens (tertiary/aromatic N) is 2. The van der Waals surface area contributed by atoms with Gasteiger partial charge in [-0.05, 0) is 28.3 Å². The van der Waals surface area contributed by atoms with Gasteiger partial charge < -0.3 is 15.4 Å². The summed E-state index contributed by atoms with van der Waals surface area (Å²) in [5, 5.41) is 0.909. The Hall–Kier alpha value is -2.13. The summed E-state index contributed by atoms with van der Waals surface area (Å²) in [6, 6.07) is 6.08. The van der Waals surface area contributed by atoms with Gasteiger partial charge in [-0.1, -0.05) is 6.07 Å². The molecule has 0 atom stereocenters. The van der Waals surface area contributed by atoms with Crippen LogP contribution in [0.3, 0.4) is 0 Å². The van der Waals surface area contributed by atoms with Crippen LogP contribution in [0.15, 0.2) is 36.7 Å². The fraction of sp³-hybridized carbons (Fsp3) is 0.227. The molecule has 0 fully saturated rings. The minimum atomic E-state index is -3.01. The van der Waals surface area contributed by atoms with Crippen LogP contribution in [0.1, 0.15) is 29.3 Å². The number of hydrogen-bond donors (Lipinski definition) is 0. The summed E-state index contributed by atoms with van der Waals surface area (Å²) in [4.78, 5) is 8.98. The first-order valence-electron chi connectivity index (χ1n) is 8.74. The zero-order chi connectivity index (χ0) is 22.3. The SMILES string of the molecule is C#C.COc1ccc(Cc2cnc([C-](C)C)s2)c(F)c1-c1ccnc(OC(F)F)c1.[U]. The summed E-state index contributed by atoms with van der Waals surface area (Å²) in [5.41, 5.74) is 0.960. The fourth-order valence-electron chi connectivity index (χ4n) is 2.71. The van der Waals surface area contributed by atoms with Crippen molar-refractivity contribution < 1.29 is 53.8 Å². The normalized spacial score (nSPS) is 9.97. The third-order valence-electron chi connectivity index (χ3n) is 3.98. The van der Waals surface area contributed by atoms with Gasteiger partial charge in [0.1, 0.15) is 11.6 Å². The molecule has 0 saturated heterocycles. The van der Waals surface area contributed by atoms with Crippen molar-refractivity contribution in [2.24, 2.45) is 0 Å². The number of aromatic nitrogens is 2. The third-order valence-corrected chi connectivity index (χ3v) is 5.20. The van der Waals surface area contributed by atoms with Crippen LogP contribution in [0, 0.1) is 55.7 Å². The molecular weight excluding hydrogens is 651 g/mol. The van der Waals surface area contributed by atoms with Gasteiger partial charge in [0.15, 0.2) is 0 Å². The Kier molecular flexibility index (Phi) is 11.0. The summed E-state index contributed by atoms with van der Waals surface area (Å²) in [6.07, 6.45) is 11.4. The van der Waals surface area contributed by atoms with Crippen LogP contribution < -0.4 is 9.47 Å². The molecular formula is C22H20F3N2O2SU-. The van der Waals surface area contributed by atoms with Crippen molar-refractivity contribution in [1.29, 1.82) is 0 Å². The van der Waals surface area contributed by atoms with Crippen molar-refractivity contribution in [1.82, 2.24) is 9.97 Å². The molecule has 2 aromatic heterocycles. The van der Waals surface area contributed by atoms with E-state index in [1.807, 2.05) is 13.8 Å². The molecule has 1 aromatic carbocycles. The monoisotopic (exact) mass is 671 g/mol. The molecule has 9 heteroatoms. The third kappa shape index (κ3) is 6.93. The number of ether oxygens (including phenoxy) is 2. The van der Waals surface area contributed by atoms with Crippen molar-refractivity contribution >= 4 is 11.3 Å². The number of pyridine rings is 1. The van der Waals surface area contributed by atoms with Gasteiger partial charge in [-0.25, -0.2) is 9.37 Å². The molecule has 0 unspecified atom stereocenters. The van der Waals surface area contributed by atoms with Crippen molar-refractivity contribution in [3.63, 3.8) is 0 Å². The minimum Gasteiger partial charge on any atom is -0.496 e. The Labute approximate surface area is 207 Å². The maximum atomic E-state index is 15.3. The number of alkyl halides is 2. The van der Waals surface area contributed by atoms with Crippen LogP contribution in [0.2, 0.25) is 0 Å². The summed E-state index contributed by atoms with van der Waals surface area (Å²) in [5.74, 6) is 0.606. The van der Waals surface area contributed by atoms with Gasteiger partial charge in [0.05, 0.1) is 12.7 Å². The van der Waals surface area contributed by atoms with Gasteiger partial charge in [-0.2, -0.15) is 34.0 Å². The zero-order valence-electron chi connectivity index (χ0n) is 17.2. The molecule has 2 heterocycles. The van der Waals surface area contributed by atoms with Crippen LogP contribution >= 0.6 is 11.3 Å². The standard InChI is InChI=1S/C20H18F3N2O2S.C2H2.U/c1-11(2)19-25-10-14(28-19)8-13-4-5-15(26-3)17(18(13)21)12-6-7-24-16(9-12)27-20(22)23;1-2;/h4-7,9-10,20H,8H2,1-3H3;1-2H;/q-1;;. The van der Waals surface area contributed by atoms with Gasteiger partial charge >= 0.3 is 6.61 Å². The Morgan fingerprint density at radius 2 is 1.87 bits per heavy atom. The molecule has 0 amide bonds. The van der Waals surface area contributed by atoms with Crippen LogP contribution in [-0.4, -0.2) is 23.7 Å². The molecule has 3 aromatic rings. The molecule has 0 radical (unpaired) electrons. The summed E-state index contributed by atoms with van der Waals surface area (Å²) < 4.78 is 49.9. The Morgan fingerprint density at radius 3 is 2.45 bits per heavy atom. The zero-order valence-corrected chi connectivity index (χ0v) is 22.1. The van der Waals surface area contributed by atoms with Crippen LogP contribution in [0.4, 0.5) is 13.2 Å². The number of methoxy groups -OCH3 is 1. The number of benzene rings is 1. The largest absolute Gasteiger partial charge is 0.496 e. The van der Waals surface area contributed by atoms with Gasteiger partial charge in [0, 0.05) is 60.9 Å². The van der Waals surface area contributed by atoms with E-state index in [2.05, 4.69) is 27.6 Å². The van der Waals surface area contributed by atoms with E-state index >= 15 is 4.39 Å². The van der Waals surface area contributed by atoms with Gasteiger partial charge in [-0.15, -0.1) is 12.8 Å². The Balaban J connectivity index is 0.00000156. The Morgan fingerprint density at radius 1 is 1.16 bits per heavy atom. The molecule has 162 valence electrons. The smallest absolute Gasteiger partial charge is 0.388 e. The number of rotatable bonds is 7. The average Bonchev–Trinajstić information content (AvgIpc) is 3.19. The van der Waals surface area contributed by atoms with E-state index in [0.717, 1.165) is 15.8 Å². The van der Waals surface area contributed by atoms with Gasteiger partial charge in [0.2, 0.25) is 5.88 Å².